The highest BCUT2D eigenvalue weighted by atomic mass is 16.1. The van der Waals surface area contributed by atoms with Crippen LogP contribution in [0.1, 0.15) is 59.7 Å². The quantitative estimate of drug-likeness (QED) is 0.841. The molecule has 0 atom stereocenters. The fourth-order valence-corrected chi connectivity index (χ4v) is 3.41. The van der Waals surface area contributed by atoms with E-state index >= 15 is 0 Å². The lowest BCUT2D eigenvalue weighted by molar-refractivity contribution is -0.111. The lowest BCUT2D eigenvalue weighted by Crippen LogP contribution is -2.42. The van der Waals surface area contributed by atoms with Gasteiger partial charge < -0.3 is 10.2 Å². The van der Waals surface area contributed by atoms with Crippen molar-refractivity contribution in [3.63, 3.8) is 0 Å². The van der Waals surface area contributed by atoms with Gasteiger partial charge in [-0.25, -0.2) is 0 Å². The Kier molecular flexibility index (Phi) is 6.75. The van der Waals surface area contributed by atoms with Crippen LogP contribution in [-0.4, -0.2) is 25.0 Å². The number of benzene rings is 1. The van der Waals surface area contributed by atoms with Gasteiger partial charge in [0.05, 0.1) is 0 Å². The molecule has 0 aromatic heterocycles. The van der Waals surface area contributed by atoms with Crippen molar-refractivity contribution < 1.29 is 6.22 Å². The third kappa shape index (κ3) is 5.36. The molecule has 0 spiro atoms. The van der Waals surface area contributed by atoms with Crippen LogP contribution in [-0.2, 0) is 4.79 Å². The van der Waals surface area contributed by atoms with Crippen molar-refractivity contribution in [2.45, 2.75) is 63.8 Å². The molecule has 3 heteroatoms. The molecule has 1 N–H and O–H groups in total. The minimum atomic E-state index is 0. The van der Waals surface area contributed by atoms with Gasteiger partial charge in [0.25, 0.3) is 0 Å². The van der Waals surface area contributed by atoms with E-state index in [1.165, 1.54) is 57.3 Å². The predicted octanol–water partition coefficient (Wildman–Crippen LogP) is 4.38. The second-order valence-electron chi connectivity index (χ2n) is 6.77. The summed E-state index contributed by atoms with van der Waals surface area (Å²) in [6.07, 6.45) is 11.1. The Labute approximate surface area is 136 Å². The van der Waals surface area contributed by atoms with E-state index in [2.05, 4.69) is 47.5 Å². The number of amides is 1. The summed E-state index contributed by atoms with van der Waals surface area (Å²) in [6.45, 7) is 4.61. The molecule has 1 aromatic rings. The molecular weight excluding hydrogens is 272 g/mol. The van der Waals surface area contributed by atoms with Crippen molar-refractivity contribution in [1.82, 2.24) is 5.32 Å². The molecule has 1 amide bonds. The fourth-order valence-electron chi connectivity index (χ4n) is 3.41. The van der Waals surface area contributed by atoms with Gasteiger partial charge in [-0.05, 0) is 51.2 Å². The van der Waals surface area contributed by atoms with Crippen LogP contribution in [0.25, 0.3) is 0 Å². The highest BCUT2D eigenvalue weighted by Crippen LogP contribution is 2.26. The molecule has 0 radical (unpaired) electrons. The third-order valence-electron chi connectivity index (χ3n) is 4.84. The van der Waals surface area contributed by atoms with Gasteiger partial charge in [0, 0.05) is 25.7 Å². The van der Waals surface area contributed by atoms with E-state index in [0.717, 1.165) is 19.3 Å². The third-order valence-corrected chi connectivity index (χ3v) is 4.84. The van der Waals surface area contributed by atoms with E-state index in [0.29, 0.717) is 0 Å². The lowest BCUT2D eigenvalue weighted by Gasteiger charge is -2.32. The maximum Gasteiger partial charge on any atom is 0.207 e. The standard InChI is InChI=1S/C11H15N.C8H15NO.H2/c1-3-7-11(8-4-1)12-9-5-2-6-10-12;1-8(9-7-10)5-3-2-4-6-8;/h1,3-4,7-8H,2,5-6,9-10H2;7H,2-6H2,1H3,(H,9,10);1H. The van der Waals surface area contributed by atoms with E-state index in [-0.39, 0.29) is 6.97 Å². The summed E-state index contributed by atoms with van der Waals surface area (Å²) in [5.41, 5.74) is 1.50. The number of nitrogens with one attached hydrogen (secondary N) is 1. The van der Waals surface area contributed by atoms with Gasteiger partial charge in [-0.1, -0.05) is 37.5 Å². The summed E-state index contributed by atoms with van der Waals surface area (Å²) in [4.78, 5) is 12.6. The molecule has 1 aromatic carbocycles. The average Bonchev–Trinajstić information content (AvgIpc) is 2.58. The maximum absolute atomic E-state index is 10.2. The van der Waals surface area contributed by atoms with Gasteiger partial charge in [-0.2, -0.15) is 0 Å². The number of carbonyl (C=O) groups is 1. The van der Waals surface area contributed by atoms with Crippen LogP contribution in [0, 0.1) is 0 Å². The van der Waals surface area contributed by atoms with Crippen LogP contribution >= 0.6 is 0 Å². The molecule has 22 heavy (non-hydrogen) atoms. The van der Waals surface area contributed by atoms with Crippen molar-refractivity contribution in [2.24, 2.45) is 0 Å². The van der Waals surface area contributed by atoms with E-state index < -0.39 is 0 Å². The number of para-hydroxylation sites is 1. The molecule has 3 rings (SSSR count). The van der Waals surface area contributed by atoms with Gasteiger partial charge in [0.2, 0.25) is 6.41 Å². The molecule has 1 aliphatic heterocycles. The van der Waals surface area contributed by atoms with Gasteiger partial charge in [0.15, 0.2) is 0 Å². The largest absolute Gasteiger partial charge is 0.372 e. The summed E-state index contributed by atoms with van der Waals surface area (Å²) < 4.78 is 0. The Hall–Kier alpha value is -1.51. The molecule has 1 heterocycles. The number of nitrogens with zero attached hydrogens (tertiary/aromatic N) is 1. The van der Waals surface area contributed by atoms with Crippen molar-refractivity contribution in [3.8, 4) is 0 Å². The Bertz CT molecular complexity index is 426. The second kappa shape index (κ2) is 8.82. The van der Waals surface area contributed by atoms with Crippen LogP contribution in [0.15, 0.2) is 30.3 Å². The van der Waals surface area contributed by atoms with Crippen molar-refractivity contribution in [1.29, 1.82) is 0 Å². The number of hydrogen-bond acceptors (Lipinski definition) is 2. The maximum atomic E-state index is 10.2. The zero-order valence-electron chi connectivity index (χ0n) is 13.9. The number of piperidine rings is 1. The van der Waals surface area contributed by atoms with Crippen LogP contribution in [0.4, 0.5) is 5.69 Å². The summed E-state index contributed by atoms with van der Waals surface area (Å²) in [6, 6.07) is 10.7. The molecule has 1 saturated heterocycles. The van der Waals surface area contributed by atoms with Crippen LogP contribution in [0.3, 0.4) is 0 Å². The molecule has 2 fully saturated rings. The average molecular weight is 304 g/mol. The molecule has 2 aliphatic rings. The Balaban J connectivity index is 0.000000224. The minimum Gasteiger partial charge on any atom is -0.372 e. The summed E-state index contributed by atoms with van der Waals surface area (Å²) >= 11 is 0. The number of hydrogen-bond donors (Lipinski definition) is 1. The fraction of sp³-hybridized carbons (Fsp3) is 0.632. The first-order valence-corrected chi connectivity index (χ1v) is 8.75. The van der Waals surface area contributed by atoms with E-state index in [4.69, 9.17) is 0 Å². The van der Waals surface area contributed by atoms with Crippen molar-refractivity contribution in [3.05, 3.63) is 30.3 Å². The van der Waals surface area contributed by atoms with Crippen LogP contribution in [0.2, 0.25) is 0 Å². The topological polar surface area (TPSA) is 32.3 Å². The molecule has 1 aliphatic carbocycles. The predicted molar refractivity (Wildman–Crippen MR) is 95.3 cm³/mol. The highest BCUT2D eigenvalue weighted by molar-refractivity contribution is 5.47. The molecule has 0 bridgehead atoms. The highest BCUT2D eigenvalue weighted by Gasteiger charge is 2.25. The lowest BCUT2D eigenvalue weighted by atomic mass is 9.84. The first-order chi connectivity index (χ1) is 10.7. The number of carbonyl (C=O) groups excluding carboxylic acids is 1. The van der Waals surface area contributed by atoms with E-state index in [9.17, 15) is 4.79 Å². The van der Waals surface area contributed by atoms with Gasteiger partial charge >= 0.3 is 0 Å². The van der Waals surface area contributed by atoms with Gasteiger partial charge in [0.1, 0.15) is 0 Å². The van der Waals surface area contributed by atoms with Gasteiger partial charge in [-0.3, -0.25) is 4.79 Å². The minimum absolute atomic E-state index is 0. The number of anilines is 1. The zero-order chi connectivity index (χ0) is 15.7. The Morgan fingerprint density at radius 2 is 1.59 bits per heavy atom. The molecule has 3 nitrogen and oxygen atoms in total. The molecule has 1 saturated carbocycles. The first kappa shape index (κ1) is 16.9. The molecule has 124 valence electrons. The number of rotatable bonds is 3. The molecule has 0 unspecified atom stereocenters. The van der Waals surface area contributed by atoms with Crippen LogP contribution < -0.4 is 10.2 Å². The Morgan fingerprint density at radius 1 is 1.00 bits per heavy atom. The molecular formula is C19H32N2O. The normalized spacial score (nSPS) is 20.5. The smallest absolute Gasteiger partial charge is 0.207 e. The van der Waals surface area contributed by atoms with Crippen LogP contribution in [0.5, 0.6) is 0 Å². The zero-order valence-corrected chi connectivity index (χ0v) is 13.9. The monoisotopic (exact) mass is 304 g/mol. The van der Waals surface area contributed by atoms with Crippen molar-refractivity contribution in [2.75, 3.05) is 18.0 Å². The first-order valence-electron chi connectivity index (χ1n) is 8.75. The van der Waals surface area contributed by atoms with Gasteiger partial charge in [-0.15, -0.1) is 0 Å². The summed E-state index contributed by atoms with van der Waals surface area (Å²) in [5.74, 6) is 0. The van der Waals surface area contributed by atoms with E-state index in [1.807, 2.05) is 0 Å². The van der Waals surface area contributed by atoms with E-state index in [1.54, 1.807) is 0 Å². The summed E-state index contributed by atoms with van der Waals surface area (Å²) in [7, 11) is 0. The second-order valence-corrected chi connectivity index (χ2v) is 6.77. The van der Waals surface area contributed by atoms with Crippen molar-refractivity contribution >= 4 is 12.1 Å². The summed E-state index contributed by atoms with van der Waals surface area (Å²) in [5, 5.41) is 2.88. The Morgan fingerprint density at radius 3 is 2.18 bits per heavy atom. The SMILES string of the molecule is CC1(NC=O)CCCCC1.[HH].c1ccc(N2CCCCC2)cc1.